The summed E-state index contributed by atoms with van der Waals surface area (Å²) in [5, 5.41) is 6.14. The molecule has 2 aliphatic rings. The van der Waals surface area contributed by atoms with Crippen molar-refractivity contribution in [1.29, 1.82) is 0 Å². The maximum atomic E-state index is 12.2. The first-order valence-electron chi connectivity index (χ1n) is 6.06. The van der Waals surface area contributed by atoms with Gasteiger partial charge in [0.05, 0.1) is 12.1 Å². The average Bonchev–Trinajstić information content (AvgIpc) is 2.87. The van der Waals surface area contributed by atoms with Gasteiger partial charge in [0, 0.05) is 16.9 Å². The summed E-state index contributed by atoms with van der Waals surface area (Å²) in [5.74, 6) is -0.331. The molecule has 19 heavy (non-hydrogen) atoms. The molecule has 5 heteroatoms. The molecule has 1 aliphatic heterocycles. The minimum atomic E-state index is -0.166. The molecule has 1 aliphatic carbocycles. The van der Waals surface area contributed by atoms with Crippen molar-refractivity contribution in [1.82, 2.24) is 5.32 Å². The summed E-state index contributed by atoms with van der Waals surface area (Å²) < 4.78 is 0. The van der Waals surface area contributed by atoms with E-state index in [0.29, 0.717) is 10.6 Å². The van der Waals surface area contributed by atoms with Gasteiger partial charge in [-0.2, -0.15) is 0 Å². The quantitative estimate of drug-likeness (QED) is 0.656. The Morgan fingerprint density at radius 2 is 1.95 bits per heavy atom. The maximum absolute atomic E-state index is 12.2. The van der Waals surface area contributed by atoms with E-state index in [1.165, 1.54) is 16.9 Å². The Hall–Kier alpha value is -2.14. The molecule has 4 nitrogen and oxygen atoms in total. The molecular weight excluding hydrogens is 260 g/mol. The predicted octanol–water partition coefficient (Wildman–Crippen LogP) is 2.00. The molecule has 0 radical (unpaired) electrons. The lowest BCUT2D eigenvalue weighted by Gasteiger charge is -2.03. The standard InChI is InChI=1S/C14H10N2O2S/c17-10-6-15-13(18)12-11-8-4-2-1-3-7(8)5-9(11)19-14(12)16-10/h1-4H,5-6H2,(H,15,18)(H,16,17). The van der Waals surface area contributed by atoms with Gasteiger partial charge in [0.15, 0.2) is 0 Å². The first-order chi connectivity index (χ1) is 9.24. The van der Waals surface area contributed by atoms with Crippen LogP contribution in [-0.2, 0) is 11.2 Å². The second-order valence-electron chi connectivity index (χ2n) is 4.67. The van der Waals surface area contributed by atoms with E-state index in [4.69, 9.17) is 0 Å². The number of anilines is 1. The minimum absolute atomic E-state index is 0.0383. The molecule has 0 saturated heterocycles. The van der Waals surface area contributed by atoms with Gasteiger partial charge in [-0.1, -0.05) is 24.3 Å². The van der Waals surface area contributed by atoms with Crippen LogP contribution in [0.5, 0.6) is 0 Å². The summed E-state index contributed by atoms with van der Waals surface area (Å²) in [5.41, 5.74) is 3.97. The minimum Gasteiger partial charge on any atom is -0.343 e. The van der Waals surface area contributed by atoms with E-state index in [2.05, 4.69) is 16.7 Å². The van der Waals surface area contributed by atoms with Gasteiger partial charge in [-0.05, 0) is 11.1 Å². The summed E-state index contributed by atoms with van der Waals surface area (Å²) in [6.07, 6.45) is 0.840. The number of carbonyl (C=O) groups is 2. The van der Waals surface area contributed by atoms with Crippen molar-refractivity contribution in [3.63, 3.8) is 0 Å². The highest BCUT2D eigenvalue weighted by Crippen LogP contribution is 2.47. The van der Waals surface area contributed by atoms with Crippen LogP contribution >= 0.6 is 11.3 Å². The van der Waals surface area contributed by atoms with Gasteiger partial charge in [0.2, 0.25) is 5.91 Å². The first-order valence-corrected chi connectivity index (χ1v) is 6.87. The number of rotatable bonds is 0. The first kappa shape index (κ1) is 10.8. The molecule has 0 bridgehead atoms. The van der Waals surface area contributed by atoms with Crippen LogP contribution in [0.1, 0.15) is 20.8 Å². The molecule has 94 valence electrons. The van der Waals surface area contributed by atoms with Crippen LogP contribution in [0.2, 0.25) is 0 Å². The van der Waals surface area contributed by atoms with Crippen molar-refractivity contribution < 1.29 is 9.59 Å². The fourth-order valence-electron chi connectivity index (χ4n) is 2.70. The maximum Gasteiger partial charge on any atom is 0.255 e. The average molecular weight is 270 g/mol. The highest BCUT2D eigenvalue weighted by atomic mass is 32.1. The largest absolute Gasteiger partial charge is 0.343 e. The number of hydrogen-bond donors (Lipinski definition) is 2. The number of thiophene rings is 1. The second kappa shape index (κ2) is 3.68. The van der Waals surface area contributed by atoms with Gasteiger partial charge in [-0.15, -0.1) is 11.3 Å². The van der Waals surface area contributed by atoms with Gasteiger partial charge in [-0.25, -0.2) is 0 Å². The second-order valence-corrected chi connectivity index (χ2v) is 5.77. The van der Waals surface area contributed by atoms with Crippen LogP contribution < -0.4 is 10.6 Å². The predicted molar refractivity (Wildman–Crippen MR) is 73.5 cm³/mol. The highest BCUT2D eigenvalue weighted by Gasteiger charge is 2.32. The molecule has 4 rings (SSSR count). The molecule has 2 heterocycles. The Bertz CT molecular complexity index is 733. The monoisotopic (exact) mass is 270 g/mol. The molecule has 1 aromatic heterocycles. The molecule has 1 aromatic carbocycles. The summed E-state index contributed by atoms with van der Waals surface area (Å²) in [4.78, 5) is 24.9. The molecule has 0 saturated carbocycles. The van der Waals surface area contributed by atoms with E-state index in [1.807, 2.05) is 18.2 Å². The Morgan fingerprint density at radius 3 is 2.84 bits per heavy atom. The lowest BCUT2D eigenvalue weighted by atomic mass is 10.0. The molecule has 0 fully saturated rings. The van der Waals surface area contributed by atoms with E-state index in [9.17, 15) is 9.59 Å². The number of nitrogens with one attached hydrogen (secondary N) is 2. The fraction of sp³-hybridized carbons (Fsp3) is 0.143. The fourth-order valence-corrected chi connectivity index (χ4v) is 3.95. The Balaban J connectivity index is 1.98. The van der Waals surface area contributed by atoms with Crippen LogP contribution in [-0.4, -0.2) is 18.4 Å². The Labute approximate surface area is 113 Å². The molecule has 2 amide bonds. The zero-order chi connectivity index (χ0) is 13.0. The Kier molecular flexibility index (Phi) is 2.08. The third-order valence-electron chi connectivity index (χ3n) is 3.51. The summed E-state index contributed by atoms with van der Waals surface area (Å²) >= 11 is 1.51. The molecule has 2 aromatic rings. The van der Waals surface area contributed by atoms with Crippen LogP contribution in [0.3, 0.4) is 0 Å². The van der Waals surface area contributed by atoms with Gasteiger partial charge in [-0.3, -0.25) is 9.59 Å². The van der Waals surface area contributed by atoms with Crippen molar-refractivity contribution in [2.75, 3.05) is 11.9 Å². The molecule has 0 atom stereocenters. The van der Waals surface area contributed by atoms with E-state index in [0.717, 1.165) is 22.4 Å². The van der Waals surface area contributed by atoms with Crippen molar-refractivity contribution in [3.05, 3.63) is 40.3 Å². The molecule has 0 spiro atoms. The number of hydrogen-bond acceptors (Lipinski definition) is 3. The zero-order valence-electron chi connectivity index (χ0n) is 9.95. The van der Waals surface area contributed by atoms with Gasteiger partial charge >= 0.3 is 0 Å². The van der Waals surface area contributed by atoms with E-state index in [1.54, 1.807) is 0 Å². The highest BCUT2D eigenvalue weighted by molar-refractivity contribution is 7.17. The molecule has 0 unspecified atom stereocenters. The third kappa shape index (κ3) is 1.45. The topological polar surface area (TPSA) is 58.2 Å². The van der Waals surface area contributed by atoms with E-state index in [-0.39, 0.29) is 18.4 Å². The molecular formula is C14H10N2O2S. The zero-order valence-corrected chi connectivity index (χ0v) is 10.8. The lowest BCUT2D eigenvalue weighted by Crippen LogP contribution is -2.28. The van der Waals surface area contributed by atoms with Crippen LogP contribution in [0, 0.1) is 0 Å². The van der Waals surface area contributed by atoms with Crippen molar-refractivity contribution in [2.45, 2.75) is 6.42 Å². The van der Waals surface area contributed by atoms with Crippen molar-refractivity contribution >= 4 is 28.2 Å². The van der Waals surface area contributed by atoms with E-state index >= 15 is 0 Å². The SMILES string of the molecule is O=C1CNC(=O)c2c(sc3c2-c2ccccc2C3)N1. The van der Waals surface area contributed by atoms with Crippen molar-refractivity contribution in [3.8, 4) is 11.1 Å². The number of amides is 2. The number of benzene rings is 1. The summed E-state index contributed by atoms with van der Waals surface area (Å²) in [6, 6.07) is 8.11. The normalized spacial score (nSPS) is 16.0. The molecule has 2 N–H and O–H groups in total. The van der Waals surface area contributed by atoms with Gasteiger partial charge in [0.1, 0.15) is 5.00 Å². The van der Waals surface area contributed by atoms with Crippen LogP contribution in [0.4, 0.5) is 5.00 Å². The number of carbonyl (C=O) groups excluding carboxylic acids is 2. The Morgan fingerprint density at radius 1 is 1.11 bits per heavy atom. The van der Waals surface area contributed by atoms with Crippen LogP contribution in [0.15, 0.2) is 24.3 Å². The van der Waals surface area contributed by atoms with Gasteiger partial charge in [0.25, 0.3) is 5.91 Å². The smallest absolute Gasteiger partial charge is 0.255 e. The van der Waals surface area contributed by atoms with E-state index < -0.39 is 0 Å². The summed E-state index contributed by atoms with van der Waals surface area (Å²) in [6.45, 7) is 0.0383. The lowest BCUT2D eigenvalue weighted by molar-refractivity contribution is -0.115. The van der Waals surface area contributed by atoms with Crippen LogP contribution in [0.25, 0.3) is 11.1 Å². The third-order valence-corrected chi connectivity index (χ3v) is 4.61. The summed E-state index contributed by atoms with van der Waals surface area (Å²) in [7, 11) is 0. The van der Waals surface area contributed by atoms with Crippen molar-refractivity contribution in [2.24, 2.45) is 0 Å². The van der Waals surface area contributed by atoms with Gasteiger partial charge < -0.3 is 10.6 Å². The number of fused-ring (bicyclic) bond motifs is 5.